The van der Waals surface area contributed by atoms with Gasteiger partial charge in [0.15, 0.2) is 0 Å². The van der Waals surface area contributed by atoms with E-state index in [2.05, 4.69) is 20.9 Å². The van der Waals surface area contributed by atoms with Gasteiger partial charge in [0, 0.05) is 0 Å². The minimum atomic E-state index is -0.900. The summed E-state index contributed by atoms with van der Waals surface area (Å²) in [6.45, 7) is 0. The van der Waals surface area contributed by atoms with Crippen LogP contribution in [-0.4, -0.2) is 23.0 Å². The molecule has 2 rings (SSSR count). The second-order valence-electron chi connectivity index (χ2n) is 4.35. The molecular formula is C15H13BrN2O3. The first-order chi connectivity index (χ1) is 10.1. The Hall–Kier alpha value is -2.05. The minimum absolute atomic E-state index is 0.0460. The molecule has 2 aromatic rings. The highest BCUT2D eigenvalue weighted by Crippen LogP contribution is 2.08. The summed E-state index contributed by atoms with van der Waals surface area (Å²) in [7, 11) is 0. The number of carbonyl (C=O) groups is 2. The van der Waals surface area contributed by atoms with Crippen molar-refractivity contribution in [2.24, 2.45) is 5.73 Å². The summed E-state index contributed by atoms with van der Waals surface area (Å²) in [6, 6.07) is 13.1. The fraction of sp³-hybridized carbons (Fsp3) is 0.133. The van der Waals surface area contributed by atoms with Gasteiger partial charge in [0.2, 0.25) is 0 Å². The average Bonchev–Trinajstić information content (AvgIpc) is 2.48. The first-order valence-electron chi connectivity index (χ1n) is 6.24. The number of esters is 2. The van der Waals surface area contributed by atoms with E-state index in [1.807, 2.05) is 30.3 Å². The van der Waals surface area contributed by atoms with Crippen LogP contribution in [0.5, 0.6) is 0 Å². The van der Waals surface area contributed by atoms with Crippen LogP contribution < -0.4 is 5.73 Å². The van der Waals surface area contributed by atoms with Crippen LogP contribution in [0.2, 0.25) is 0 Å². The molecule has 0 amide bonds. The SMILES string of the molecule is NC(Cc1ccccc1)C(=O)OC(=O)c1cccc(Br)n1. The molecule has 1 unspecified atom stereocenters. The fourth-order valence-electron chi connectivity index (χ4n) is 1.69. The Morgan fingerprint density at radius 3 is 2.52 bits per heavy atom. The van der Waals surface area contributed by atoms with Crippen LogP contribution in [0, 0.1) is 0 Å². The summed E-state index contributed by atoms with van der Waals surface area (Å²) in [5.41, 5.74) is 6.69. The number of nitrogens with zero attached hydrogens (tertiary/aromatic N) is 1. The van der Waals surface area contributed by atoms with Gasteiger partial charge in [0.1, 0.15) is 16.3 Å². The van der Waals surface area contributed by atoms with Gasteiger partial charge in [-0.15, -0.1) is 0 Å². The zero-order chi connectivity index (χ0) is 15.2. The third-order valence-corrected chi connectivity index (χ3v) is 3.16. The highest BCUT2D eigenvalue weighted by Gasteiger charge is 2.21. The van der Waals surface area contributed by atoms with E-state index in [0.717, 1.165) is 5.56 Å². The zero-order valence-electron chi connectivity index (χ0n) is 11.0. The van der Waals surface area contributed by atoms with E-state index in [1.54, 1.807) is 12.1 Å². The minimum Gasteiger partial charge on any atom is -0.387 e. The van der Waals surface area contributed by atoms with Crippen molar-refractivity contribution in [3.05, 3.63) is 64.4 Å². The first kappa shape index (κ1) is 15.3. The molecule has 0 aliphatic carbocycles. The van der Waals surface area contributed by atoms with Gasteiger partial charge in [-0.2, -0.15) is 0 Å². The number of benzene rings is 1. The molecule has 2 N–H and O–H groups in total. The van der Waals surface area contributed by atoms with Gasteiger partial charge in [-0.25, -0.2) is 14.6 Å². The van der Waals surface area contributed by atoms with E-state index < -0.39 is 18.0 Å². The van der Waals surface area contributed by atoms with Crippen molar-refractivity contribution < 1.29 is 14.3 Å². The van der Waals surface area contributed by atoms with Crippen LogP contribution in [0.4, 0.5) is 0 Å². The highest BCUT2D eigenvalue weighted by atomic mass is 79.9. The summed E-state index contributed by atoms with van der Waals surface area (Å²) in [5.74, 6) is -1.59. The maximum atomic E-state index is 11.8. The number of nitrogens with two attached hydrogens (primary N) is 1. The molecule has 1 heterocycles. The van der Waals surface area contributed by atoms with Crippen LogP contribution in [-0.2, 0) is 16.0 Å². The number of ether oxygens (including phenoxy) is 1. The Morgan fingerprint density at radius 2 is 1.86 bits per heavy atom. The summed E-state index contributed by atoms with van der Waals surface area (Å²) in [6.07, 6.45) is 0.304. The molecule has 5 nitrogen and oxygen atoms in total. The summed E-state index contributed by atoms with van der Waals surface area (Å²) in [4.78, 5) is 27.5. The summed E-state index contributed by atoms with van der Waals surface area (Å²) < 4.78 is 5.22. The zero-order valence-corrected chi connectivity index (χ0v) is 12.6. The molecule has 0 radical (unpaired) electrons. The van der Waals surface area contributed by atoms with Crippen LogP contribution in [0.25, 0.3) is 0 Å². The van der Waals surface area contributed by atoms with Crippen LogP contribution in [0.1, 0.15) is 16.1 Å². The lowest BCUT2D eigenvalue weighted by Gasteiger charge is -2.10. The van der Waals surface area contributed by atoms with Crippen LogP contribution >= 0.6 is 15.9 Å². The van der Waals surface area contributed by atoms with E-state index in [9.17, 15) is 9.59 Å². The number of aromatic nitrogens is 1. The second-order valence-corrected chi connectivity index (χ2v) is 5.16. The molecule has 0 aliphatic rings. The second kappa shape index (κ2) is 7.10. The Balaban J connectivity index is 1.96. The topological polar surface area (TPSA) is 82.3 Å². The third-order valence-electron chi connectivity index (χ3n) is 2.72. The lowest BCUT2D eigenvalue weighted by molar-refractivity contribution is -0.139. The molecule has 0 fully saturated rings. The first-order valence-corrected chi connectivity index (χ1v) is 7.03. The molecule has 0 saturated heterocycles. The lowest BCUT2D eigenvalue weighted by Crippen LogP contribution is -2.35. The highest BCUT2D eigenvalue weighted by molar-refractivity contribution is 9.10. The monoisotopic (exact) mass is 348 g/mol. The number of hydrogen-bond acceptors (Lipinski definition) is 5. The number of rotatable bonds is 4. The molecular weight excluding hydrogens is 336 g/mol. The fourth-order valence-corrected chi connectivity index (χ4v) is 2.04. The quantitative estimate of drug-likeness (QED) is 0.519. The lowest BCUT2D eigenvalue weighted by atomic mass is 10.1. The molecule has 0 aliphatic heterocycles. The van der Waals surface area contributed by atoms with E-state index in [1.165, 1.54) is 6.07 Å². The van der Waals surface area contributed by atoms with Gasteiger partial charge < -0.3 is 10.5 Å². The normalized spacial score (nSPS) is 11.7. The molecule has 6 heteroatoms. The Labute approximate surface area is 130 Å². The molecule has 0 bridgehead atoms. The molecule has 0 spiro atoms. The summed E-state index contributed by atoms with van der Waals surface area (Å²) in [5, 5.41) is 0. The van der Waals surface area contributed by atoms with Crippen molar-refractivity contribution in [2.75, 3.05) is 0 Å². The Morgan fingerprint density at radius 1 is 1.14 bits per heavy atom. The van der Waals surface area contributed by atoms with Gasteiger partial charge in [-0.05, 0) is 40.0 Å². The van der Waals surface area contributed by atoms with Crippen molar-refractivity contribution in [2.45, 2.75) is 12.5 Å². The van der Waals surface area contributed by atoms with Crippen molar-refractivity contribution >= 4 is 27.9 Å². The third kappa shape index (κ3) is 4.47. The van der Waals surface area contributed by atoms with Crippen LogP contribution in [0.3, 0.4) is 0 Å². The average molecular weight is 349 g/mol. The van der Waals surface area contributed by atoms with Gasteiger partial charge in [-0.1, -0.05) is 36.4 Å². The van der Waals surface area contributed by atoms with Crippen LogP contribution in [0.15, 0.2) is 53.1 Å². The number of hydrogen-bond donors (Lipinski definition) is 1. The van der Waals surface area contributed by atoms with E-state index in [0.29, 0.717) is 11.0 Å². The van der Waals surface area contributed by atoms with Crippen molar-refractivity contribution in [1.82, 2.24) is 4.98 Å². The number of pyridine rings is 1. The molecule has 1 aromatic heterocycles. The Bertz CT molecular complexity index is 646. The summed E-state index contributed by atoms with van der Waals surface area (Å²) >= 11 is 3.14. The largest absolute Gasteiger partial charge is 0.387 e. The predicted octanol–water partition coefficient (Wildman–Crippen LogP) is 2.10. The predicted molar refractivity (Wildman–Crippen MR) is 80.5 cm³/mol. The van der Waals surface area contributed by atoms with E-state index in [4.69, 9.17) is 10.5 Å². The van der Waals surface area contributed by atoms with Gasteiger partial charge >= 0.3 is 11.9 Å². The van der Waals surface area contributed by atoms with E-state index >= 15 is 0 Å². The van der Waals surface area contributed by atoms with Gasteiger partial charge in [0.05, 0.1) is 0 Å². The van der Waals surface area contributed by atoms with Crippen molar-refractivity contribution in [3.63, 3.8) is 0 Å². The van der Waals surface area contributed by atoms with E-state index in [-0.39, 0.29) is 5.69 Å². The standard InChI is InChI=1S/C15H13BrN2O3/c16-13-8-4-7-12(18-13)15(20)21-14(19)11(17)9-10-5-2-1-3-6-10/h1-8,11H,9,17H2. The number of halogens is 1. The maximum absolute atomic E-state index is 11.8. The van der Waals surface area contributed by atoms with Crippen molar-refractivity contribution in [3.8, 4) is 0 Å². The molecule has 108 valence electrons. The smallest absolute Gasteiger partial charge is 0.364 e. The van der Waals surface area contributed by atoms with Gasteiger partial charge in [-0.3, -0.25) is 0 Å². The molecule has 1 aromatic carbocycles. The number of carbonyl (C=O) groups excluding carboxylic acids is 2. The Kier molecular flexibility index (Phi) is 5.19. The molecule has 21 heavy (non-hydrogen) atoms. The maximum Gasteiger partial charge on any atom is 0.364 e. The van der Waals surface area contributed by atoms with Crippen molar-refractivity contribution in [1.29, 1.82) is 0 Å². The molecule has 1 atom stereocenters. The van der Waals surface area contributed by atoms with Gasteiger partial charge in [0.25, 0.3) is 0 Å². The molecule has 0 saturated carbocycles.